The van der Waals surface area contributed by atoms with E-state index in [4.69, 9.17) is 18.5 Å². The fraction of sp³-hybridized carbons (Fsp3) is 0.761. The van der Waals surface area contributed by atoms with Crippen LogP contribution in [0.15, 0.2) is 60.8 Å². The van der Waals surface area contributed by atoms with Crippen molar-refractivity contribution >= 4 is 13.8 Å². The van der Waals surface area contributed by atoms with Crippen LogP contribution in [0.2, 0.25) is 0 Å². The quantitative estimate of drug-likeness (QED) is 0.0217. The number of phosphoric ester groups is 1. The van der Waals surface area contributed by atoms with Gasteiger partial charge in [0, 0.05) is 13.0 Å². The molecule has 0 aliphatic heterocycles. The molecule has 0 aromatic carbocycles. The van der Waals surface area contributed by atoms with Gasteiger partial charge >= 0.3 is 13.8 Å². The highest BCUT2D eigenvalue weighted by Gasteiger charge is 2.26. The fourth-order valence-corrected chi connectivity index (χ4v) is 6.44. The lowest BCUT2D eigenvalue weighted by Gasteiger charge is -2.24. The van der Waals surface area contributed by atoms with Crippen LogP contribution in [0.3, 0.4) is 0 Å². The smallest absolute Gasteiger partial charge is 0.457 e. The van der Waals surface area contributed by atoms with Crippen molar-refractivity contribution in [1.29, 1.82) is 0 Å². The molecule has 1 N–H and O–H groups in total. The van der Waals surface area contributed by atoms with Gasteiger partial charge in [-0.3, -0.25) is 13.8 Å². The summed E-state index contributed by atoms with van der Waals surface area (Å²) in [7, 11) is 1.65. The van der Waals surface area contributed by atoms with E-state index in [-0.39, 0.29) is 25.8 Å². The average molecular weight is 795 g/mol. The maximum absolute atomic E-state index is 12.7. The summed E-state index contributed by atoms with van der Waals surface area (Å²) in [4.78, 5) is 22.9. The number of unbranched alkanes of at least 4 members (excludes halogenated alkanes) is 16. The largest absolute Gasteiger partial charge is 0.472 e. The van der Waals surface area contributed by atoms with Gasteiger partial charge in [-0.15, -0.1) is 0 Å². The summed E-state index contributed by atoms with van der Waals surface area (Å²) in [5, 5.41) is 0. The summed E-state index contributed by atoms with van der Waals surface area (Å²) in [6, 6.07) is 0. The number of phosphoric acid groups is 1. The van der Waals surface area contributed by atoms with Crippen LogP contribution in [0.1, 0.15) is 168 Å². The van der Waals surface area contributed by atoms with Gasteiger partial charge in [0.25, 0.3) is 0 Å². The van der Waals surface area contributed by atoms with Crippen molar-refractivity contribution in [2.75, 3.05) is 54.1 Å². The van der Waals surface area contributed by atoms with Crippen LogP contribution in [0.25, 0.3) is 0 Å². The van der Waals surface area contributed by atoms with Gasteiger partial charge in [0.05, 0.1) is 34.4 Å². The number of carbonyl (C=O) groups is 1. The molecule has 2 atom stereocenters. The fourth-order valence-electron chi connectivity index (χ4n) is 5.70. The van der Waals surface area contributed by atoms with Gasteiger partial charge in [-0.1, -0.05) is 164 Å². The Bertz CT molecular complexity index is 1060. The molecule has 0 heterocycles. The standard InChI is InChI=1S/C46H84NO7P/c1-6-8-10-12-14-16-18-19-20-21-22-23-24-25-26-27-28-29-30-31-33-35-37-39-46(48)54-45(44-53-55(49,50)52-42-40-47(3,4)5)43-51-41-38-36-34-32-17-15-13-11-9-7-2/h8,10,14,16,19-20,22-23,25-26,45H,6-7,9,11-13,15,17-18,21,24,27-44H2,1-5H3/p+1/b10-8-,16-14-,20-19-,23-22-,26-25-. The Morgan fingerprint density at radius 1 is 0.582 bits per heavy atom. The molecule has 0 aliphatic rings. The molecule has 0 radical (unpaired) electrons. The monoisotopic (exact) mass is 795 g/mol. The van der Waals surface area contributed by atoms with Gasteiger partial charge in [0.1, 0.15) is 19.3 Å². The van der Waals surface area contributed by atoms with Gasteiger partial charge < -0.3 is 18.9 Å². The summed E-state index contributed by atoms with van der Waals surface area (Å²) in [5.41, 5.74) is 0. The van der Waals surface area contributed by atoms with E-state index >= 15 is 0 Å². The maximum Gasteiger partial charge on any atom is 0.472 e. The second kappa shape index (κ2) is 39.0. The van der Waals surface area contributed by atoms with E-state index in [2.05, 4.69) is 74.6 Å². The van der Waals surface area contributed by atoms with E-state index in [9.17, 15) is 14.3 Å². The van der Waals surface area contributed by atoms with Crippen LogP contribution in [-0.4, -0.2) is 75.6 Å². The van der Waals surface area contributed by atoms with Crippen LogP contribution in [0.4, 0.5) is 0 Å². The predicted octanol–water partition coefficient (Wildman–Crippen LogP) is 12.9. The van der Waals surface area contributed by atoms with Gasteiger partial charge in [0.15, 0.2) is 0 Å². The second-order valence-electron chi connectivity index (χ2n) is 15.7. The van der Waals surface area contributed by atoms with Gasteiger partial charge in [-0.25, -0.2) is 4.57 Å². The van der Waals surface area contributed by atoms with E-state index in [0.717, 1.165) is 70.6 Å². The second-order valence-corrected chi connectivity index (χ2v) is 17.2. The van der Waals surface area contributed by atoms with E-state index in [1.807, 2.05) is 21.1 Å². The molecule has 0 bridgehead atoms. The molecular formula is C46H85NO7P+. The normalized spacial score (nSPS) is 14.4. The first kappa shape index (κ1) is 53.2. The molecule has 0 saturated heterocycles. The number of esters is 1. The average Bonchev–Trinajstić information content (AvgIpc) is 3.13. The van der Waals surface area contributed by atoms with Gasteiger partial charge in [0.2, 0.25) is 0 Å². The zero-order valence-electron chi connectivity index (χ0n) is 36.1. The number of ether oxygens (including phenoxy) is 2. The van der Waals surface area contributed by atoms with Crippen LogP contribution < -0.4 is 0 Å². The van der Waals surface area contributed by atoms with Gasteiger partial charge in [-0.2, -0.15) is 0 Å². The first-order valence-electron chi connectivity index (χ1n) is 22.0. The summed E-state index contributed by atoms with van der Waals surface area (Å²) in [5.74, 6) is -0.327. The topological polar surface area (TPSA) is 91.3 Å². The lowest BCUT2D eigenvalue weighted by atomic mass is 10.1. The number of carbonyl (C=O) groups excluding carboxylic acids is 1. The minimum absolute atomic E-state index is 0.0846. The molecule has 2 unspecified atom stereocenters. The van der Waals surface area contributed by atoms with Crippen LogP contribution in [0, 0.1) is 0 Å². The molecule has 0 aromatic heterocycles. The van der Waals surface area contributed by atoms with Crippen molar-refractivity contribution < 1.29 is 37.3 Å². The maximum atomic E-state index is 12.7. The van der Waals surface area contributed by atoms with Crippen LogP contribution in [-0.2, 0) is 27.9 Å². The van der Waals surface area contributed by atoms with Crippen molar-refractivity contribution in [3.8, 4) is 0 Å². The summed E-state index contributed by atoms with van der Waals surface area (Å²) in [6.07, 6.45) is 48.2. The number of allylic oxidation sites excluding steroid dienone is 10. The summed E-state index contributed by atoms with van der Waals surface area (Å²) in [6.45, 7) is 5.48. The van der Waals surface area contributed by atoms with Crippen molar-refractivity contribution in [2.24, 2.45) is 0 Å². The molecule has 0 saturated carbocycles. The van der Waals surface area contributed by atoms with Crippen LogP contribution >= 0.6 is 7.82 Å². The Morgan fingerprint density at radius 3 is 1.58 bits per heavy atom. The Labute approximate surface area is 339 Å². The molecular weight excluding hydrogens is 709 g/mol. The molecule has 8 nitrogen and oxygen atoms in total. The SMILES string of the molecule is CC/C=C\C/C=C\C/C=C\C/C=C\C/C=C\CCCCCCCCCC(=O)OC(COCCCCCCCCCCCC)COP(=O)(O)OCC[N+](C)(C)C. The Morgan fingerprint density at radius 2 is 1.05 bits per heavy atom. The molecule has 0 spiro atoms. The van der Waals surface area contributed by atoms with Crippen LogP contribution in [0.5, 0.6) is 0 Å². The number of hydrogen-bond acceptors (Lipinski definition) is 6. The molecule has 9 heteroatoms. The Hall–Kier alpha value is -1.80. The molecule has 0 rings (SSSR count). The predicted molar refractivity (Wildman–Crippen MR) is 233 cm³/mol. The highest BCUT2D eigenvalue weighted by Crippen LogP contribution is 2.43. The lowest BCUT2D eigenvalue weighted by molar-refractivity contribution is -0.870. The molecule has 0 amide bonds. The number of hydrogen-bond donors (Lipinski definition) is 1. The Kier molecular flexibility index (Phi) is 37.8. The zero-order valence-corrected chi connectivity index (χ0v) is 37.0. The highest BCUT2D eigenvalue weighted by atomic mass is 31.2. The molecule has 0 aliphatic carbocycles. The highest BCUT2D eigenvalue weighted by molar-refractivity contribution is 7.47. The third-order valence-corrected chi connectivity index (χ3v) is 10.1. The minimum Gasteiger partial charge on any atom is -0.457 e. The number of likely N-dealkylation sites (N-methyl/N-ethyl adjacent to an activating group) is 1. The summed E-state index contributed by atoms with van der Waals surface area (Å²) >= 11 is 0. The van der Waals surface area contributed by atoms with E-state index in [0.29, 0.717) is 24.1 Å². The van der Waals surface area contributed by atoms with E-state index < -0.39 is 13.9 Å². The third-order valence-electron chi connectivity index (χ3n) is 9.09. The number of quaternary nitrogens is 1. The molecule has 320 valence electrons. The van der Waals surface area contributed by atoms with Gasteiger partial charge in [-0.05, 0) is 57.8 Å². The molecule has 0 fully saturated rings. The number of nitrogens with zero attached hydrogens (tertiary/aromatic N) is 1. The summed E-state index contributed by atoms with van der Waals surface area (Å²) < 4.78 is 34.9. The lowest BCUT2D eigenvalue weighted by Crippen LogP contribution is -2.37. The Balaban J connectivity index is 4.19. The first-order chi connectivity index (χ1) is 26.6. The minimum atomic E-state index is -4.27. The number of rotatable bonds is 40. The molecule has 55 heavy (non-hydrogen) atoms. The van der Waals surface area contributed by atoms with Crippen molar-refractivity contribution in [2.45, 2.75) is 174 Å². The van der Waals surface area contributed by atoms with E-state index in [1.54, 1.807) is 0 Å². The first-order valence-corrected chi connectivity index (χ1v) is 23.5. The zero-order chi connectivity index (χ0) is 40.6. The van der Waals surface area contributed by atoms with Crippen molar-refractivity contribution in [3.63, 3.8) is 0 Å². The van der Waals surface area contributed by atoms with Crippen molar-refractivity contribution in [1.82, 2.24) is 0 Å². The van der Waals surface area contributed by atoms with Crippen molar-refractivity contribution in [3.05, 3.63) is 60.8 Å². The molecule has 0 aromatic rings. The van der Waals surface area contributed by atoms with E-state index in [1.165, 1.54) is 77.0 Å². The third kappa shape index (κ3) is 43.2.